The van der Waals surface area contributed by atoms with Gasteiger partial charge < -0.3 is 10.1 Å². The molecule has 0 aliphatic carbocycles. The van der Waals surface area contributed by atoms with Crippen molar-refractivity contribution in [3.63, 3.8) is 0 Å². The highest BCUT2D eigenvalue weighted by molar-refractivity contribution is 7.90. The molecule has 9 heteroatoms. The summed E-state index contributed by atoms with van der Waals surface area (Å²) in [4.78, 5) is 34.8. The minimum Gasteiger partial charge on any atom is -0.444 e. The molecule has 0 unspecified atom stereocenters. The SMILES string of the molecule is CC(=O)c1cccc(S(=O)(=O)NC(=O)[C@@H](C)NC(=O)OC(C)(C)C)c1. The van der Waals surface area contributed by atoms with Gasteiger partial charge in [-0.1, -0.05) is 12.1 Å². The van der Waals surface area contributed by atoms with Crippen molar-refractivity contribution in [2.24, 2.45) is 0 Å². The first-order chi connectivity index (χ1) is 11.3. The molecule has 0 aliphatic rings. The zero-order valence-corrected chi connectivity index (χ0v) is 15.6. The lowest BCUT2D eigenvalue weighted by Gasteiger charge is -2.21. The Hall–Kier alpha value is -2.42. The van der Waals surface area contributed by atoms with Crippen LogP contribution >= 0.6 is 0 Å². The Morgan fingerprint density at radius 2 is 1.76 bits per heavy atom. The molecular weight excluding hydrogens is 348 g/mol. The van der Waals surface area contributed by atoms with E-state index in [2.05, 4.69) is 5.32 Å². The van der Waals surface area contributed by atoms with Gasteiger partial charge in [-0.2, -0.15) is 0 Å². The molecule has 0 saturated heterocycles. The molecule has 0 heterocycles. The molecule has 2 N–H and O–H groups in total. The number of carbonyl (C=O) groups excluding carboxylic acids is 3. The molecule has 0 bridgehead atoms. The number of hydrogen-bond acceptors (Lipinski definition) is 6. The summed E-state index contributed by atoms with van der Waals surface area (Å²) in [5, 5.41) is 2.25. The number of benzene rings is 1. The van der Waals surface area contributed by atoms with E-state index in [1.165, 1.54) is 38.1 Å². The van der Waals surface area contributed by atoms with Gasteiger partial charge in [-0.3, -0.25) is 9.59 Å². The van der Waals surface area contributed by atoms with Gasteiger partial charge in [0.25, 0.3) is 15.9 Å². The molecule has 138 valence electrons. The highest BCUT2D eigenvalue weighted by Crippen LogP contribution is 2.12. The number of amides is 2. The van der Waals surface area contributed by atoms with Gasteiger partial charge in [0, 0.05) is 5.56 Å². The number of hydrogen-bond donors (Lipinski definition) is 2. The lowest BCUT2D eigenvalue weighted by atomic mass is 10.2. The number of nitrogens with one attached hydrogen (secondary N) is 2. The Morgan fingerprint density at radius 1 is 1.16 bits per heavy atom. The van der Waals surface area contributed by atoms with E-state index in [4.69, 9.17) is 4.74 Å². The molecule has 0 spiro atoms. The Kier molecular flexibility index (Phi) is 6.31. The quantitative estimate of drug-likeness (QED) is 0.760. The van der Waals surface area contributed by atoms with Crippen LogP contribution in [-0.4, -0.2) is 37.8 Å². The lowest BCUT2D eigenvalue weighted by molar-refractivity contribution is -0.121. The summed E-state index contributed by atoms with van der Waals surface area (Å²) in [7, 11) is -4.18. The zero-order chi connectivity index (χ0) is 19.4. The topological polar surface area (TPSA) is 119 Å². The van der Waals surface area contributed by atoms with E-state index < -0.39 is 33.7 Å². The van der Waals surface area contributed by atoms with Crippen LogP contribution in [0.15, 0.2) is 29.2 Å². The van der Waals surface area contributed by atoms with Gasteiger partial charge in [0.1, 0.15) is 11.6 Å². The molecule has 8 nitrogen and oxygen atoms in total. The minimum absolute atomic E-state index is 0.204. The number of sulfonamides is 1. The maximum Gasteiger partial charge on any atom is 0.408 e. The first-order valence-corrected chi connectivity index (χ1v) is 8.97. The van der Waals surface area contributed by atoms with Crippen LogP contribution in [-0.2, 0) is 19.6 Å². The van der Waals surface area contributed by atoms with E-state index in [-0.39, 0.29) is 16.2 Å². The molecule has 0 aliphatic heterocycles. The number of Topliss-reactive ketones (excluding diaryl/α,β-unsaturated/α-hetero) is 1. The number of carbonyl (C=O) groups is 3. The molecule has 1 aromatic carbocycles. The van der Waals surface area contributed by atoms with Gasteiger partial charge >= 0.3 is 6.09 Å². The molecular formula is C16H22N2O6S. The normalized spacial score (nSPS) is 12.8. The molecule has 25 heavy (non-hydrogen) atoms. The fourth-order valence-corrected chi connectivity index (χ4v) is 2.81. The molecule has 2 amide bonds. The van der Waals surface area contributed by atoms with Crippen LogP contribution in [0, 0.1) is 0 Å². The largest absolute Gasteiger partial charge is 0.444 e. The predicted molar refractivity (Wildman–Crippen MR) is 90.6 cm³/mol. The third kappa shape index (κ3) is 6.54. The Balaban J connectivity index is 2.82. The van der Waals surface area contributed by atoms with Crippen molar-refractivity contribution < 1.29 is 27.5 Å². The molecule has 1 atom stereocenters. The Morgan fingerprint density at radius 3 is 2.28 bits per heavy atom. The highest BCUT2D eigenvalue weighted by Gasteiger charge is 2.25. The van der Waals surface area contributed by atoms with Crippen LogP contribution in [0.1, 0.15) is 45.0 Å². The number of rotatable bonds is 5. The van der Waals surface area contributed by atoms with Crippen molar-refractivity contribution in [1.82, 2.24) is 10.0 Å². The van der Waals surface area contributed by atoms with E-state index in [1.807, 2.05) is 4.72 Å². The fourth-order valence-electron chi connectivity index (χ4n) is 1.71. The van der Waals surface area contributed by atoms with Crippen LogP contribution in [0.5, 0.6) is 0 Å². The van der Waals surface area contributed by atoms with E-state index in [0.29, 0.717) is 0 Å². The number of ether oxygens (including phenoxy) is 1. The molecule has 0 radical (unpaired) electrons. The number of alkyl carbamates (subject to hydrolysis) is 1. The maximum absolute atomic E-state index is 12.2. The first kappa shape index (κ1) is 20.6. The second-order valence-corrected chi connectivity index (χ2v) is 8.10. The summed E-state index contributed by atoms with van der Waals surface area (Å²) >= 11 is 0. The molecule has 1 rings (SSSR count). The summed E-state index contributed by atoms with van der Waals surface area (Å²) in [6, 6.07) is 4.16. The van der Waals surface area contributed by atoms with E-state index in [0.717, 1.165) is 0 Å². The molecule has 1 aromatic rings. The van der Waals surface area contributed by atoms with Gasteiger partial charge in [0.05, 0.1) is 4.90 Å². The van der Waals surface area contributed by atoms with Crippen molar-refractivity contribution in [2.45, 2.75) is 51.2 Å². The average molecular weight is 370 g/mol. The third-order valence-electron chi connectivity index (χ3n) is 2.91. The Labute approximate surface area is 147 Å². The summed E-state index contributed by atoms with van der Waals surface area (Å²) in [5.74, 6) is -1.23. The Bertz CT molecular complexity index is 780. The van der Waals surface area contributed by atoms with Gasteiger partial charge in [-0.05, 0) is 46.8 Å². The molecule has 0 aromatic heterocycles. The van der Waals surface area contributed by atoms with Crippen molar-refractivity contribution in [1.29, 1.82) is 0 Å². The van der Waals surface area contributed by atoms with Crippen LogP contribution < -0.4 is 10.0 Å². The maximum atomic E-state index is 12.2. The van der Waals surface area contributed by atoms with E-state index in [1.54, 1.807) is 20.8 Å². The van der Waals surface area contributed by atoms with Crippen LogP contribution in [0.4, 0.5) is 4.79 Å². The first-order valence-electron chi connectivity index (χ1n) is 7.49. The van der Waals surface area contributed by atoms with Gasteiger partial charge in [0.2, 0.25) is 0 Å². The second kappa shape index (κ2) is 7.64. The van der Waals surface area contributed by atoms with Gasteiger partial charge in [0.15, 0.2) is 5.78 Å². The second-order valence-electron chi connectivity index (χ2n) is 6.42. The standard InChI is InChI=1S/C16H22N2O6S/c1-10(17-15(21)24-16(3,4)5)14(20)18-25(22,23)13-8-6-7-12(9-13)11(2)19/h6-10H,1-5H3,(H,17,21)(H,18,20)/t10-/m1/s1. The predicted octanol–water partition coefficient (Wildman–Crippen LogP) is 1.61. The minimum atomic E-state index is -4.18. The monoisotopic (exact) mass is 370 g/mol. The van der Waals surface area contributed by atoms with Crippen molar-refractivity contribution in [3.8, 4) is 0 Å². The average Bonchev–Trinajstić information content (AvgIpc) is 2.44. The van der Waals surface area contributed by atoms with E-state index in [9.17, 15) is 22.8 Å². The summed E-state index contributed by atoms with van der Waals surface area (Å²) < 4.78 is 31.4. The van der Waals surface area contributed by atoms with E-state index >= 15 is 0 Å². The van der Waals surface area contributed by atoms with Crippen molar-refractivity contribution >= 4 is 27.8 Å². The van der Waals surface area contributed by atoms with Gasteiger partial charge in [-0.15, -0.1) is 0 Å². The van der Waals surface area contributed by atoms with Crippen LogP contribution in [0.25, 0.3) is 0 Å². The fraction of sp³-hybridized carbons (Fsp3) is 0.438. The summed E-state index contributed by atoms with van der Waals surface area (Å²) in [6.07, 6.45) is -0.842. The van der Waals surface area contributed by atoms with Crippen LogP contribution in [0.3, 0.4) is 0 Å². The van der Waals surface area contributed by atoms with Crippen molar-refractivity contribution in [3.05, 3.63) is 29.8 Å². The molecule has 0 saturated carbocycles. The summed E-state index contributed by atoms with van der Waals surface area (Å²) in [6.45, 7) is 7.59. The highest BCUT2D eigenvalue weighted by atomic mass is 32.2. The van der Waals surface area contributed by atoms with Gasteiger partial charge in [-0.25, -0.2) is 17.9 Å². The zero-order valence-electron chi connectivity index (χ0n) is 14.7. The third-order valence-corrected chi connectivity index (χ3v) is 4.26. The smallest absolute Gasteiger partial charge is 0.408 e. The van der Waals surface area contributed by atoms with Crippen molar-refractivity contribution in [2.75, 3.05) is 0 Å². The molecule has 0 fully saturated rings. The summed E-state index contributed by atoms with van der Waals surface area (Å²) in [5.41, 5.74) is -0.547. The number of ketones is 1. The van der Waals surface area contributed by atoms with Crippen LogP contribution in [0.2, 0.25) is 0 Å². The lowest BCUT2D eigenvalue weighted by Crippen LogP contribution is -2.47.